The van der Waals surface area contributed by atoms with E-state index in [4.69, 9.17) is 15.9 Å². The van der Waals surface area contributed by atoms with E-state index in [0.29, 0.717) is 0 Å². The number of carboxylic acid groups (broad SMARTS) is 1. The molecule has 7 heteroatoms. The molecule has 88 valence electrons. The van der Waals surface area contributed by atoms with Gasteiger partial charge < -0.3 is 26.0 Å². The van der Waals surface area contributed by atoms with Gasteiger partial charge in [0.1, 0.15) is 6.04 Å². The van der Waals surface area contributed by atoms with Crippen LogP contribution in [0.3, 0.4) is 0 Å². The van der Waals surface area contributed by atoms with Gasteiger partial charge in [0, 0.05) is 20.1 Å². The SMILES string of the molecule is COCC(N)C(=O)NCCC(O)C(=O)O. The lowest BCUT2D eigenvalue weighted by Gasteiger charge is -2.11. The predicted molar refractivity (Wildman–Crippen MR) is 51.1 cm³/mol. The van der Waals surface area contributed by atoms with Crippen LogP contribution in [0.4, 0.5) is 0 Å². The van der Waals surface area contributed by atoms with Gasteiger partial charge >= 0.3 is 5.97 Å². The van der Waals surface area contributed by atoms with Crippen molar-refractivity contribution in [3.63, 3.8) is 0 Å². The molecule has 0 aromatic carbocycles. The summed E-state index contributed by atoms with van der Waals surface area (Å²) in [4.78, 5) is 21.3. The number of carboxylic acids is 1. The number of carbonyl (C=O) groups is 2. The summed E-state index contributed by atoms with van der Waals surface area (Å²) in [7, 11) is 1.42. The van der Waals surface area contributed by atoms with Crippen molar-refractivity contribution >= 4 is 11.9 Å². The lowest BCUT2D eigenvalue weighted by atomic mass is 10.2. The number of aliphatic hydroxyl groups excluding tert-OH is 1. The first-order chi connectivity index (χ1) is 6.99. The van der Waals surface area contributed by atoms with Crippen molar-refractivity contribution in [2.75, 3.05) is 20.3 Å². The minimum atomic E-state index is -1.47. The second kappa shape index (κ2) is 7.16. The van der Waals surface area contributed by atoms with Crippen LogP contribution in [0.25, 0.3) is 0 Å². The first-order valence-electron chi connectivity index (χ1n) is 4.42. The van der Waals surface area contributed by atoms with Crippen LogP contribution in [0.5, 0.6) is 0 Å². The van der Waals surface area contributed by atoms with Crippen molar-refractivity contribution < 1.29 is 24.5 Å². The molecule has 0 radical (unpaired) electrons. The molecule has 0 heterocycles. The van der Waals surface area contributed by atoms with Crippen LogP contribution in [-0.2, 0) is 14.3 Å². The van der Waals surface area contributed by atoms with Crippen molar-refractivity contribution in [3.05, 3.63) is 0 Å². The fourth-order valence-electron chi connectivity index (χ4n) is 0.842. The van der Waals surface area contributed by atoms with E-state index in [2.05, 4.69) is 10.1 Å². The molecule has 0 saturated carbocycles. The first kappa shape index (κ1) is 13.8. The van der Waals surface area contributed by atoms with E-state index in [1.165, 1.54) is 7.11 Å². The van der Waals surface area contributed by atoms with Gasteiger partial charge in [-0.05, 0) is 0 Å². The average Bonchev–Trinajstić information content (AvgIpc) is 2.17. The maximum atomic E-state index is 11.1. The maximum absolute atomic E-state index is 11.1. The Labute approximate surface area is 87.2 Å². The molecule has 0 aliphatic carbocycles. The number of amides is 1. The number of aliphatic hydroxyl groups is 1. The number of nitrogens with one attached hydrogen (secondary N) is 1. The summed E-state index contributed by atoms with van der Waals surface area (Å²) in [5, 5.41) is 19.6. The lowest BCUT2D eigenvalue weighted by molar-refractivity contribution is -0.147. The summed E-state index contributed by atoms with van der Waals surface area (Å²) < 4.78 is 4.66. The topological polar surface area (TPSA) is 122 Å². The standard InChI is InChI=1S/C8H16N2O5/c1-15-4-5(9)7(12)10-3-2-6(11)8(13)14/h5-6,11H,2-4,9H2,1H3,(H,10,12)(H,13,14). The molecule has 0 aliphatic rings. The monoisotopic (exact) mass is 220 g/mol. The number of hydrogen-bond acceptors (Lipinski definition) is 5. The zero-order valence-corrected chi connectivity index (χ0v) is 8.47. The van der Waals surface area contributed by atoms with Gasteiger partial charge in [0.15, 0.2) is 6.10 Å². The molecule has 0 aromatic rings. The Morgan fingerprint density at radius 1 is 1.53 bits per heavy atom. The van der Waals surface area contributed by atoms with Crippen LogP contribution in [0.1, 0.15) is 6.42 Å². The number of carbonyl (C=O) groups excluding carboxylic acids is 1. The molecule has 0 rings (SSSR count). The van der Waals surface area contributed by atoms with Crippen LogP contribution in [0.15, 0.2) is 0 Å². The summed E-state index contributed by atoms with van der Waals surface area (Å²) >= 11 is 0. The maximum Gasteiger partial charge on any atom is 0.332 e. The largest absolute Gasteiger partial charge is 0.479 e. The van der Waals surface area contributed by atoms with Gasteiger partial charge in [0.05, 0.1) is 6.61 Å². The van der Waals surface area contributed by atoms with Crippen molar-refractivity contribution in [1.29, 1.82) is 0 Å². The number of nitrogens with two attached hydrogens (primary N) is 1. The van der Waals surface area contributed by atoms with Gasteiger partial charge in [-0.15, -0.1) is 0 Å². The third kappa shape index (κ3) is 6.00. The highest BCUT2D eigenvalue weighted by atomic mass is 16.5. The minimum Gasteiger partial charge on any atom is -0.479 e. The number of hydrogen-bond donors (Lipinski definition) is 4. The number of rotatable bonds is 7. The average molecular weight is 220 g/mol. The quantitative estimate of drug-likeness (QED) is 0.390. The molecule has 0 aliphatic heterocycles. The van der Waals surface area contributed by atoms with E-state index < -0.39 is 24.0 Å². The van der Waals surface area contributed by atoms with Gasteiger partial charge in [-0.1, -0.05) is 0 Å². The van der Waals surface area contributed by atoms with E-state index in [9.17, 15) is 9.59 Å². The van der Waals surface area contributed by atoms with Crippen LogP contribution in [0.2, 0.25) is 0 Å². The van der Waals surface area contributed by atoms with E-state index in [1.807, 2.05) is 0 Å². The molecule has 0 spiro atoms. The van der Waals surface area contributed by atoms with E-state index in [-0.39, 0.29) is 19.6 Å². The Morgan fingerprint density at radius 3 is 2.60 bits per heavy atom. The van der Waals surface area contributed by atoms with E-state index >= 15 is 0 Å². The number of aliphatic carboxylic acids is 1. The van der Waals surface area contributed by atoms with Crippen LogP contribution in [-0.4, -0.2) is 54.5 Å². The van der Waals surface area contributed by atoms with Crippen molar-refractivity contribution in [3.8, 4) is 0 Å². The molecule has 1 amide bonds. The van der Waals surface area contributed by atoms with Gasteiger partial charge in [-0.2, -0.15) is 0 Å². The second-order valence-electron chi connectivity index (χ2n) is 3.00. The zero-order chi connectivity index (χ0) is 11.8. The molecule has 0 saturated heterocycles. The molecule has 15 heavy (non-hydrogen) atoms. The molecule has 2 atom stereocenters. The highest BCUT2D eigenvalue weighted by molar-refractivity contribution is 5.81. The molecule has 2 unspecified atom stereocenters. The van der Waals surface area contributed by atoms with Crippen molar-refractivity contribution in [2.45, 2.75) is 18.6 Å². The zero-order valence-electron chi connectivity index (χ0n) is 8.47. The van der Waals surface area contributed by atoms with Crippen molar-refractivity contribution in [2.24, 2.45) is 5.73 Å². The first-order valence-corrected chi connectivity index (χ1v) is 4.42. The van der Waals surface area contributed by atoms with E-state index in [0.717, 1.165) is 0 Å². The molecule has 0 bridgehead atoms. The summed E-state index contributed by atoms with van der Waals surface area (Å²) in [5.74, 6) is -1.75. The van der Waals surface area contributed by atoms with Gasteiger partial charge in [0.2, 0.25) is 5.91 Å². The Bertz CT molecular complexity index is 221. The Kier molecular flexibility index (Phi) is 6.59. The minimum absolute atomic E-state index is 0.0548. The van der Waals surface area contributed by atoms with Gasteiger partial charge in [-0.3, -0.25) is 4.79 Å². The lowest BCUT2D eigenvalue weighted by Crippen LogP contribution is -2.44. The van der Waals surface area contributed by atoms with Crippen LogP contribution >= 0.6 is 0 Å². The normalized spacial score (nSPS) is 14.3. The summed E-state index contributed by atoms with van der Waals surface area (Å²) in [6.45, 7) is 0.150. The Morgan fingerprint density at radius 2 is 2.13 bits per heavy atom. The molecular weight excluding hydrogens is 204 g/mol. The molecule has 0 fully saturated rings. The van der Waals surface area contributed by atoms with Gasteiger partial charge in [-0.25, -0.2) is 4.79 Å². The Balaban J connectivity index is 3.67. The van der Waals surface area contributed by atoms with Crippen LogP contribution in [0, 0.1) is 0 Å². The number of methoxy groups -OCH3 is 1. The second-order valence-corrected chi connectivity index (χ2v) is 3.00. The molecule has 5 N–H and O–H groups in total. The van der Waals surface area contributed by atoms with Crippen molar-refractivity contribution in [1.82, 2.24) is 5.32 Å². The fraction of sp³-hybridized carbons (Fsp3) is 0.750. The molecule has 0 aromatic heterocycles. The third-order valence-electron chi connectivity index (χ3n) is 1.69. The molecular formula is C8H16N2O5. The summed E-state index contributed by atoms with van der Waals surface area (Å²) in [6.07, 6.45) is -1.52. The van der Waals surface area contributed by atoms with E-state index in [1.54, 1.807) is 0 Å². The smallest absolute Gasteiger partial charge is 0.332 e. The summed E-state index contributed by atoms with van der Waals surface area (Å²) in [5.41, 5.74) is 5.39. The predicted octanol–water partition coefficient (Wildman–Crippen LogP) is -2.09. The highest BCUT2D eigenvalue weighted by Crippen LogP contribution is 1.90. The summed E-state index contributed by atoms with van der Waals surface area (Å²) in [6, 6.07) is -0.781. The third-order valence-corrected chi connectivity index (χ3v) is 1.69. The Hall–Kier alpha value is -1.18. The van der Waals surface area contributed by atoms with Gasteiger partial charge in [0.25, 0.3) is 0 Å². The fourth-order valence-corrected chi connectivity index (χ4v) is 0.842. The van der Waals surface area contributed by atoms with Crippen LogP contribution < -0.4 is 11.1 Å². The number of ether oxygens (including phenoxy) is 1. The molecule has 7 nitrogen and oxygen atoms in total. The highest BCUT2D eigenvalue weighted by Gasteiger charge is 2.15.